The van der Waals surface area contributed by atoms with Crippen LogP contribution < -0.4 is 0 Å². The summed E-state index contributed by atoms with van der Waals surface area (Å²) in [6, 6.07) is 126. The summed E-state index contributed by atoms with van der Waals surface area (Å²) in [7, 11) is 0. The predicted molar refractivity (Wildman–Crippen MR) is 468 cm³/mol. The highest BCUT2D eigenvalue weighted by Crippen LogP contribution is 2.51. The van der Waals surface area contributed by atoms with Gasteiger partial charge in [0.05, 0.1) is 44.5 Å². The predicted octanol–water partition coefficient (Wildman–Crippen LogP) is 26.8. The molecule has 23 aromatic rings. The van der Waals surface area contributed by atoms with Crippen LogP contribution in [-0.2, 0) is 0 Å². The normalized spacial score (nSPS) is 11.8. The molecule has 0 fully saturated rings. The molecule has 0 amide bonds. The SMILES string of the molecule is c1ccc(-c2ccc3sc4c(cc(-c5ccccn5)c5c4c4cc(-c6ccccc6)ccc4n5-c4ccc(-c5cn6ccccc6n5)cc4)c3c2)cc1.c1ccc(-c2ccc3sc4c(cc(-c5ncccn5)c5c4c4cc(-c6ccccc6)ccc4n5-c4ccc(-c5nc6ccccc6n5-c5ccccc5)cc4)c3c2)cc1. The lowest BCUT2D eigenvalue weighted by Gasteiger charge is -2.13. The monoisotopic (exact) mass is 1470 g/mol. The molecule has 0 aliphatic carbocycles. The van der Waals surface area contributed by atoms with Gasteiger partial charge in [0.15, 0.2) is 5.82 Å². The second-order valence-electron chi connectivity index (χ2n) is 28.3. The van der Waals surface area contributed by atoms with Gasteiger partial charge in [-0.1, -0.05) is 200 Å². The molecule has 0 saturated carbocycles. The zero-order valence-electron chi connectivity index (χ0n) is 60.2. The van der Waals surface area contributed by atoms with E-state index in [1.54, 1.807) is 0 Å². The summed E-state index contributed by atoms with van der Waals surface area (Å²) < 4.78 is 14.2. The number of fused-ring (bicyclic) bond motifs is 16. The lowest BCUT2D eigenvalue weighted by molar-refractivity contribution is 1.10. The largest absolute Gasteiger partial charge is 0.309 e. The van der Waals surface area contributed by atoms with E-state index >= 15 is 0 Å². The fourth-order valence-corrected chi connectivity index (χ4v) is 19.1. The Kier molecular flexibility index (Phi) is 15.4. The van der Waals surface area contributed by atoms with Gasteiger partial charge in [-0.3, -0.25) is 9.55 Å². The summed E-state index contributed by atoms with van der Waals surface area (Å²) in [5, 5.41) is 9.83. The Balaban J connectivity index is 0.000000138. The van der Waals surface area contributed by atoms with Crippen molar-refractivity contribution in [3.8, 4) is 107 Å². The van der Waals surface area contributed by atoms with Crippen LogP contribution in [-0.4, -0.2) is 43.0 Å². The van der Waals surface area contributed by atoms with Crippen LogP contribution in [0.4, 0.5) is 0 Å². The summed E-state index contributed by atoms with van der Waals surface area (Å²) in [5.74, 6) is 1.59. The van der Waals surface area contributed by atoms with Crippen molar-refractivity contribution in [2.45, 2.75) is 0 Å². The molecule has 112 heavy (non-hydrogen) atoms. The number of pyridine rings is 2. The maximum atomic E-state index is 5.17. The minimum Gasteiger partial charge on any atom is -0.309 e. The van der Waals surface area contributed by atoms with E-state index in [2.05, 4.69) is 340 Å². The van der Waals surface area contributed by atoms with Crippen molar-refractivity contribution < 1.29 is 0 Å². The summed E-state index contributed by atoms with van der Waals surface area (Å²) in [4.78, 5) is 24.8. The Labute approximate surface area is 651 Å². The van der Waals surface area contributed by atoms with Gasteiger partial charge in [0.1, 0.15) is 11.5 Å². The summed E-state index contributed by atoms with van der Waals surface area (Å²) in [6.07, 6.45) is 9.71. The molecule has 0 radical (unpaired) electrons. The first kappa shape index (κ1) is 64.7. The lowest BCUT2D eigenvalue weighted by atomic mass is 9.98. The Morgan fingerprint density at radius 3 is 1.25 bits per heavy atom. The van der Waals surface area contributed by atoms with Gasteiger partial charge in [0.2, 0.25) is 0 Å². The molecule has 0 aliphatic rings. The van der Waals surface area contributed by atoms with Crippen molar-refractivity contribution >= 4 is 123 Å². The topological polar surface area (TPSA) is 83.7 Å². The van der Waals surface area contributed by atoms with Gasteiger partial charge in [-0.2, -0.15) is 0 Å². The molecule has 9 nitrogen and oxygen atoms in total. The molecule has 11 heteroatoms. The Morgan fingerprint density at radius 1 is 0.268 bits per heavy atom. The van der Waals surface area contributed by atoms with Crippen molar-refractivity contribution in [3.63, 3.8) is 0 Å². The number of para-hydroxylation sites is 3. The molecule has 0 aliphatic heterocycles. The molecule has 9 heterocycles. The zero-order valence-corrected chi connectivity index (χ0v) is 61.8. The fraction of sp³-hybridized carbons (Fsp3) is 0. The number of hydrogen-bond donors (Lipinski definition) is 0. The second-order valence-corrected chi connectivity index (χ2v) is 30.4. The van der Waals surface area contributed by atoms with Crippen LogP contribution in [0.25, 0.3) is 207 Å². The highest BCUT2D eigenvalue weighted by Gasteiger charge is 2.27. The molecule has 524 valence electrons. The van der Waals surface area contributed by atoms with Crippen LogP contribution in [0.2, 0.25) is 0 Å². The van der Waals surface area contributed by atoms with E-state index < -0.39 is 0 Å². The molecule has 23 rings (SSSR count). The number of nitrogens with zero attached hydrogens (tertiary/aromatic N) is 9. The molecule has 0 N–H and O–H groups in total. The molecule has 0 atom stereocenters. The smallest absolute Gasteiger partial charge is 0.161 e. The average molecular weight is 1470 g/mol. The standard InChI is InChI=1S/C53H33N5S.C48H30N4S/c1-4-13-34(14-5-1)37-23-27-46-43(32-37)49-50(57(46)40-25-21-36(22-26-40)53-56-45-19-10-11-20-47(45)58(53)39-17-8-3-9-18-39)44(52-54-29-12-30-55-52)33-42-41-31-38(35-15-6-2-7-16-35)24-28-48(41)59-51(42)49;1-3-11-31(12-4-1)34-19-23-43-40(28-34)46-47(52(43)36-21-17-33(18-22-36)42-30-51-26-10-8-16-45(51)50-42)39(41-15-7-9-25-49-41)29-38-37-27-35(32-13-5-2-6-14-32)20-24-44(37)53-48(38)46/h1-33H;1-30H. The first-order valence-electron chi connectivity index (χ1n) is 37.6. The van der Waals surface area contributed by atoms with E-state index in [-0.39, 0.29) is 0 Å². The van der Waals surface area contributed by atoms with E-state index in [4.69, 9.17) is 24.9 Å². The lowest BCUT2D eigenvalue weighted by Crippen LogP contribution is -1.99. The zero-order chi connectivity index (χ0) is 73.7. The number of thiophene rings is 2. The molecule has 9 aromatic heterocycles. The van der Waals surface area contributed by atoms with E-state index in [0.717, 1.165) is 95.3 Å². The molecular weight excluding hydrogens is 1400 g/mol. The third kappa shape index (κ3) is 10.9. The Hall–Kier alpha value is -14.5. The average Bonchev–Trinajstić information content (AvgIpc) is 1.55. The number of benzene rings is 14. The maximum Gasteiger partial charge on any atom is 0.161 e. The quantitative estimate of drug-likeness (QED) is 0.129. The summed E-state index contributed by atoms with van der Waals surface area (Å²) >= 11 is 3.74. The molecular formula is C101H63N9S2. The second kappa shape index (κ2) is 26.7. The van der Waals surface area contributed by atoms with E-state index in [9.17, 15) is 0 Å². The van der Waals surface area contributed by atoms with E-state index in [0.29, 0.717) is 5.82 Å². The minimum absolute atomic E-state index is 0.693. The minimum atomic E-state index is 0.693. The molecule has 0 saturated heterocycles. The van der Waals surface area contributed by atoms with Crippen molar-refractivity contribution in [2.75, 3.05) is 0 Å². The molecule has 0 spiro atoms. The maximum absolute atomic E-state index is 5.17. The van der Waals surface area contributed by atoms with Crippen molar-refractivity contribution in [1.29, 1.82) is 0 Å². The number of hydrogen-bond acceptors (Lipinski definition) is 7. The third-order valence-corrected chi connectivity index (χ3v) is 24.3. The summed E-state index contributed by atoms with van der Waals surface area (Å²) in [5.41, 5.74) is 26.4. The van der Waals surface area contributed by atoms with E-state index in [1.165, 1.54) is 106 Å². The first-order valence-corrected chi connectivity index (χ1v) is 39.2. The van der Waals surface area contributed by atoms with Crippen LogP contribution in [0.1, 0.15) is 0 Å². The first-order chi connectivity index (χ1) is 55.5. The van der Waals surface area contributed by atoms with Crippen LogP contribution in [0.3, 0.4) is 0 Å². The summed E-state index contributed by atoms with van der Waals surface area (Å²) in [6.45, 7) is 0. The van der Waals surface area contributed by atoms with Crippen molar-refractivity contribution in [3.05, 3.63) is 383 Å². The Morgan fingerprint density at radius 2 is 0.714 bits per heavy atom. The van der Waals surface area contributed by atoms with Crippen LogP contribution in [0.5, 0.6) is 0 Å². The highest BCUT2D eigenvalue weighted by molar-refractivity contribution is 7.27. The van der Waals surface area contributed by atoms with Crippen molar-refractivity contribution in [2.24, 2.45) is 0 Å². The number of rotatable bonds is 11. The van der Waals surface area contributed by atoms with Crippen molar-refractivity contribution in [1.82, 2.24) is 43.0 Å². The fourth-order valence-electron chi connectivity index (χ4n) is 16.6. The number of imidazole rings is 2. The third-order valence-electron chi connectivity index (χ3n) is 21.8. The molecule has 14 aromatic carbocycles. The molecule has 0 bridgehead atoms. The van der Waals surface area contributed by atoms with Crippen LogP contribution in [0.15, 0.2) is 383 Å². The molecule has 0 unspecified atom stereocenters. The van der Waals surface area contributed by atoms with E-state index in [1.807, 2.05) is 83.9 Å². The van der Waals surface area contributed by atoms with Gasteiger partial charge in [-0.05, 0) is 196 Å². The van der Waals surface area contributed by atoms with Crippen LogP contribution in [0, 0.1) is 0 Å². The van der Waals surface area contributed by atoms with Gasteiger partial charge in [-0.25, -0.2) is 19.9 Å². The Bertz CT molecular complexity index is 7530. The van der Waals surface area contributed by atoms with Gasteiger partial charge < -0.3 is 13.5 Å². The van der Waals surface area contributed by atoms with Gasteiger partial charge in [-0.15, -0.1) is 22.7 Å². The van der Waals surface area contributed by atoms with Crippen LogP contribution >= 0.6 is 22.7 Å². The van der Waals surface area contributed by atoms with Gasteiger partial charge >= 0.3 is 0 Å². The van der Waals surface area contributed by atoms with Gasteiger partial charge in [0, 0.05) is 132 Å². The van der Waals surface area contributed by atoms with Gasteiger partial charge in [0.25, 0.3) is 0 Å². The highest BCUT2D eigenvalue weighted by atomic mass is 32.1. The number of aromatic nitrogens is 9.